The van der Waals surface area contributed by atoms with Crippen molar-refractivity contribution in [3.05, 3.63) is 70.8 Å². The van der Waals surface area contributed by atoms with Crippen LogP contribution in [0.2, 0.25) is 0 Å². The summed E-state index contributed by atoms with van der Waals surface area (Å²) in [5.74, 6) is 0.577. The van der Waals surface area contributed by atoms with E-state index >= 15 is 0 Å². The fourth-order valence-corrected chi connectivity index (χ4v) is 6.33. The van der Waals surface area contributed by atoms with Crippen LogP contribution in [0.1, 0.15) is 56.2 Å². The van der Waals surface area contributed by atoms with Crippen molar-refractivity contribution in [1.29, 1.82) is 0 Å². The first kappa shape index (κ1) is 24.2. The highest BCUT2D eigenvalue weighted by atomic mass is 19.1. The zero-order valence-corrected chi connectivity index (χ0v) is 21.8. The third-order valence-electron chi connectivity index (χ3n) is 8.55. The first-order chi connectivity index (χ1) is 18.0. The number of hydrogen-bond acceptors (Lipinski definition) is 6. The van der Waals surface area contributed by atoms with Gasteiger partial charge in [0, 0.05) is 49.9 Å². The number of nitrogens with zero attached hydrogens (tertiary/aromatic N) is 5. The molecule has 3 aliphatic rings. The van der Waals surface area contributed by atoms with Gasteiger partial charge in [0.1, 0.15) is 11.5 Å². The number of hydrogen-bond donors (Lipinski definition) is 1. The molecule has 0 amide bonds. The first-order valence-corrected chi connectivity index (χ1v) is 13.6. The van der Waals surface area contributed by atoms with E-state index in [1.165, 1.54) is 54.1 Å². The maximum absolute atomic E-state index is 14.9. The minimum absolute atomic E-state index is 0.116. The van der Waals surface area contributed by atoms with Crippen LogP contribution in [0.5, 0.6) is 0 Å². The summed E-state index contributed by atoms with van der Waals surface area (Å²) in [6, 6.07) is 10.3. The predicted octanol–water partition coefficient (Wildman–Crippen LogP) is 5.79. The Balaban J connectivity index is 1.18. The Hall–Kier alpha value is -3.16. The average Bonchev–Trinajstić information content (AvgIpc) is 3.52. The molecule has 0 bridgehead atoms. The molecule has 7 heteroatoms. The molecule has 2 aliphatic carbocycles. The molecule has 0 unspecified atom stereocenters. The highest BCUT2D eigenvalue weighted by molar-refractivity contribution is 5.74. The van der Waals surface area contributed by atoms with Gasteiger partial charge in [0.15, 0.2) is 5.82 Å². The molecule has 2 aromatic heterocycles. The van der Waals surface area contributed by atoms with Crippen LogP contribution in [0.3, 0.4) is 0 Å². The smallest absolute Gasteiger partial charge is 0.229 e. The molecule has 192 valence electrons. The Labute approximate surface area is 218 Å². The lowest BCUT2D eigenvalue weighted by atomic mass is 9.76. The lowest BCUT2D eigenvalue weighted by molar-refractivity contribution is 0.132. The molecule has 1 saturated heterocycles. The van der Waals surface area contributed by atoms with E-state index in [1.807, 2.05) is 18.3 Å². The molecule has 0 atom stereocenters. The fourth-order valence-electron chi connectivity index (χ4n) is 6.33. The van der Waals surface area contributed by atoms with Gasteiger partial charge in [-0.1, -0.05) is 49.6 Å². The van der Waals surface area contributed by atoms with Crippen LogP contribution >= 0.6 is 0 Å². The highest BCUT2D eigenvalue weighted by Gasteiger charge is 2.41. The molecule has 1 aromatic carbocycles. The summed E-state index contributed by atoms with van der Waals surface area (Å²) >= 11 is 0. The summed E-state index contributed by atoms with van der Waals surface area (Å²) in [4.78, 5) is 18.3. The molecular formula is C30H35FN6. The Morgan fingerprint density at radius 3 is 2.49 bits per heavy atom. The van der Waals surface area contributed by atoms with Gasteiger partial charge in [0.2, 0.25) is 5.95 Å². The number of fused-ring (bicyclic) bond motifs is 2. The third-order valence-corrected chi connectivity index (χ3v) is 8.55. The van der Waals surface area contributed by atoms with Crippen molar-refractivity contribution in [3.63, 3.8) is 0 Å². The lowest BCUT2D eigenvalue weighted by Crippen LogP contribution is -2.45. The normalized spacial score (nSPS) is 19.3. The van der Waals surface area contributed by atoms with Gasteiger partial charge in [-0.25, -0.2) is 19.3 Å². The molecule has 1 aliphatic heterocycles. The van der Waals surface area contributed by atoms with Crippen LogP contribution in [-0.4, -0.2) is 57.5 Å². The van der Waals surface area contributed by atoms with E-state index in [-0.39, 0.29) is 5.41 Å². The molecule has 1 saturated carbocycles. The number of likely N-dealkylation sites (N-methyl/N-ethyl adjacent to an activating group) is 1. The van der Waals surface area contributed by atoms with Crippen molar-refractivity contribution >= 4 is 17.8 Å². The number of pyridine rings is 1. The monoisotopic (exact) mass is 498 g/mol. The van der Waals surface area contributed by atoms with E-state index in [0.29, 0.717) is 17.5 Å². The van der Waals surface area contributed by atoms with Gasteiger partial charge in [-0.15, -0.1) is 0 Å². The van der Waals surface area contributed by atoms with Gasteiger partial charge >= 0.3 is 0 Å². The molecule has 1 spiro atoms. The quantitative estimate of drug-likeness (QED) is 0.464. The number of allylic oxidation sites excluding steroid dienone is 1. The van der Waals surface area contributed by atoms with Gasteiger partial charge in [-0.05, 0) is 55.1 Å². The topological polar surface area (TPSA) is 57.2 Å². The van der Waals surface area contributed by atoms with Crippen molar-refractivity contribution in [3.8, 4) is 11.3 Å². The molecule has 37 heavy (non-hydrogen) atoms. The fraction of sp³-hybridized carbons (Fsp3) is 0.433. The SMILES string of the molecule is CCN1CCN(Cc2ccc(Nc3ncc(F)c(-c4ccc5c(c4)C4(CCCC4)C(C)=C5)n3)nc2)CC1. The van der Waals surface area contributed by atoms with Gasteiger partial charge < -0.3 is 10.2 Å². The third kappa shape index (κ3) is 4.66. The molecule has 6 rings (SSSR count). The van der Waals surface area contributed by atoms with E-state index in [1.54, 1.807) is 0 Å². The van der Waals surface area contributed by atoms with Crippen LogP contribution < -0.4 is 5.32 Å². The number of rotatable bonds is 6. The molecule has 2 fully saturated rings. The van der Waals surface area contributed by atoms with Crippen LogP contribution in [0.15, 0.2) is 48.3 Å². The average molecular weight is 499 g/mol. The second kappa shape index (κ2) is 9.95. The number of anilines is 2. The summed E-state index contributed by atoms with van der Waals surface area (Å²) in [7, 11) is 0. The Kier molecular flexibility index (Phi) is 6.51. The molecular weight excluding hydrogens is 463 g/mol. The first-order valence-electron chi connectivity index (χ1n) is 13.6. The lowest BCUT2D eigenvalue weighted by Gasteiger charge is -2.33. The Bertz CT molecular complexity index is 1300. The summed E-state index contributed by atoms with van der Waals surface area (Å²) < 4.78 is 14.9. The molecule has 1 N–H and O–H groups in total. The summed E-state index contributed by atoms with van der Waals surface area (Å²) in [6.45, 7) is 10.9. The van der Waals surface area contributed by atoms with Crippen molar-refractivity contribution in [1.82, 2.24) is 24.8 Å². The van der Waals surface area contributed by atoms with Gasteiger partial charge in [0.25, 0.3) is 0 Å². The minimum Gasteiger partial charge on any atom is -0.309 e. The van der Waals surface area contributed by atoms with Crippen molar-refractivity contribution in [2.24, 2.45) is 0 Å². The zero-order chi connectivity index (χ0) is 25.4. The second-order valence-corrected chi connectivity index (χ2v) is 10.7. The van der Waals surface area contributed by atoms with E-state index in [9.17, 15) is 4.39 Å². The van der Waals surface area contributed by atoms with E-state index in [0.717, 1.165) is 44.8 Å². The molecule has 3 aromatic rings. The number of piperazine rings is 1. The molecule has 0 radical (unpaired) electrons. The Morgan fingerprint density at radius 1 is 0.973 bits per heavy atom. The maximum Gasteiger partial charge on any atom is 0.229 e. The van der Waals surface area contributed by atoms with Crippen molar-refractivity contribution < 1.29 is 4.39 Å². The zero-order valence-electron chi connectivity index (χ0n) is 21.8. The van der Waals surface area contributed by atoms with Crippen LogP contribution in [0, 0.1) is 5.82 Å². The number of halogens is 1. The predicted molar refractivity (Wildman–Crippen MR) is 146 cm³/mol. The molecule has 3 heterocycles. The Morgan fingerprint density at radius 2 is 1.76 bits per heavy atom. The van der Waals surface area contributed by atoms with Gasteiger partial charge in [0.05, 0.1) is 6.20 Å². The summed E-state index contributed by atoms with van der Waals surface area (Å²) in [6.07, 6.45) is 10.3. The van der Waals surface area contributed by atoms with Crippen molar-refractivity contribution in [2.75, 3.05) is 38.0 Å². The molecule has 6 nitrogen and oxygen atoms in total. The number of benzene rings is 1. The summed E-state index contributed by atoms with van der Waals surface area (Å²) in [5.41, 5.74) is 6.42. The number of nitrogens with one attached hydrogen (secondary N) is 1. The van der Waals surface area contributed by atoms with Crippen LogP contribution in [0.25, 0.3) is 17.3 Å². The van der Waals surface area contributed by atoms with Gasteiger partial charge in [-0.2, -0.15) is 0 Å². The second-order valence-electron chi connectivity index (χ2n) is 10.7. The minimum atomic E-state index is -0.417. The van der Waals surface area contributed by atoms with Crippen molar-refractivity contribution in [2.45, 2.75) is 51.5 Å². The van der Waals surface area contributed by atoms with E-state index < -0.39 is 5.82 Å². The highest BCUT2D eigenvalue weighted by Crippen LogP contribution is 2.52. The van der Waals surface area contributed by atoms with Crippen LogP contribution in [-0.2, 0) is 12.0 Å². The van der Waals surface area contributed by atoms with E-state index in [2.05, 4.69) is 68.2 Å². The van der Waals surface area contributed by atoms with Crippen LogP contribution in [0.4, 0.5) is 16.2 Å². The van der Waals surface area contributed by atoms with E-state index in [4.69, 9.17) is 0 Å². The summed E-state index contributed by atoms with van der Waals surface area (Å²) in [5, 5.41) is 3.16. The largest absolute Gasteiger partial charge is 0.309 e. The maximum atomic E-state index is 14.9. The standard InChI is InChI=1S/C30H35FN6/c1-3-36-12-14-37(15-13-36)20-22-6-9-27(32-18-22)34-29-33-19-26(31)28(35-29)24-8-7-23-16-21(2)30(25(23)17-24)10-4-5-11-30/h6-9,16-19H,3-5,10-15,20H2,1-2H3,(H,32,33,34,35). The van der Waals surface area contributed by atoms with Gasteiger partial charge in [-0.3, -0.25) is 4.90 Å². The number of aromatic nitrogens is 3.